The molecule has 0 unspecified atom stereocenters. The molecular formula is C10H21N. The summed E-state index contributed by atoms with van der Waals surface area (Å²) in [5, 5.41) is 0. The van der Waals surface area contributed by atoms with Gasteiger partial charge in [0, 0.05) is 6.04 Å². The SMILES string of the molecule is CC[C@@H](C1CCCC1)N(C)C. The van der Waals surface area contributed by atoms with E-state index < -0.39 is 0 Å². The Morgan fingerprint density at radius 3 is 2.18 bits per heavy atom. The molecule has 0 spiro atoms. The van der Waals surface area contributed by atoms with Crippen molar-refractivity contribution in [2.45, 2.75) is 45.1 Å². The van der Waals surface area contributed by atoms with Crippen molar-refractivity contribution in [1.29, 1.82) is 0 Å². The maximum Gasteiger partial charge on any atom is 0.0115 e. The van der Waals surface area contributed by atoms with E-state index in [0.717, 1.165) is 12.0 Å². The van der Waals surface area contributed by atoms with Gasteiger partial charge >= 0.3 is 0 Å². The molecule has 0 aromatic rings. The van der Waals surface area contributed by atoms with Crippen LogP contribution in [0.2, 0.25) is 0 Å². The Morgan fingerprint density at radius 1 is 1.27 bits per heavy atom. The van der Waals surface area contributed by atoms with Crippen molar-refractivity contribution in [1.82, 2.24) is 4.90 Å². The summed E-state index contributed by atoms with van der Waals surface area (Å²) < 4.78 is 0. The van der Waals surface area contributed by atoms with Gasteiger partial charge in [0.1, 0.15) is 0 Å². The smallest absolute Gasteiger partial charge is 0.0115 e. The van der Waals surface area contributed by atoms with Crippen molar-refractivity contribution in [3.8, 4) is 0 Å². The van der Waals surface area contributed by atoms with Gasteiger partial charge in [0.25, 0.3) is 0 Å². The molecular weight excluding hydrogens is 134 g/mol. The predicted molar refractivity (Wildman–Crippen MR) is 49.7 cm³/mol. The van der Waals surface area contributed by atoms with E-state index in [4.69, 9.17) is 0 Å². The molecule has 0 aromatic heterocycles. The molecule has 0 aromatic carbocycles. The van der Waals surface area contributed by atoms with E-state index in [1.165, 1.54) is 32.1 Å². The van der Waals surface area contributed by atoms with Crippen LogP contribution in [-0.2, 0) is 0 Å². The number of hydrogen-bond acceptors (Lipinski definition) is 1. The minimum Gasteiger partial charge on any atom is -0.306 e. The average Bonchev–Trinajstić information content (AvgIpc) is 2.40. The lowest BCUT2D eigenvalue weighted by Crippen LogP contribution is -2.33. The van der Waals surface area contributed by atoms with Crippen molar-refractivity contribution < 1.29 is 0 Å². The van der Waals surface area contributed by atoms with E-state index in [2.05, 4.69) is 25.9 Å². The zero-order valence-electron chi connectivity index (χ0n) is 8.14. The van der Waals surface area contributed by atoms with E-state index >= 15 is 0 Å². The highest BCUT2D eigenvalue weighted by Gasteiger charge is 2.24. The van der Waals surface area contributed by atoms with E-state index in [1.54, 1.807) is 0 Å². The van der Waals surface area contributed by atoms with Crippen molar-refractivity contribution in [2.75, 3.05) is 14.1 Å². The summed E-state index contributed by atoms with van der Waals surface area (Å²) in [4.78, 5) is 2.40. The van der Waals surface area contributed by atoms with Gasteiger partial charge < -0.3 is 4.90 Å². The lowest BCUT2D eigenvalue weighted by atomic mass is 9.95. The summed E-state index contributed by atoms with van der Waals surface area (Å²) in [6.07, 6.45) is 7.19. The molecule has 1 saturated carbocycles. The zero-order valence-corrected chi connectivity index (χ0v) is 8.14. The van der Waals surface area contributed by atoms with Crippen LogP contribution < -0.4 is 0 Å². The lowest BCUT2D eigenvalue weighted by molar-refractivity contribution is 0.205. The van der Waals surface area contributed by atoms with Crippen molar-refractivity contribution in [3.05, 3.63) is 0 Å². The largest absolute Gasteiger partial charge is 0.306 e. The van der Waals surface area contributed by atoms with Crippen LogP contribution in [0.3, 0.4) is 0 Å². The highest BCUT2D eigenvalue weighted by atomic mass is 15.1. The van der Waals surface area contributed by atoms with E-state index in [9.17, 15) is 0 Å². The Morgan fingerprint density at radius 2 is 1.82 bits per heavy atom. The quantitative estimate of drug-likeness (QED) is 0.605. The maximum atomic E-state index is 2.40. The zero-order chi connectivity index (χ0) is 8.27. The molecule has 1 heteroatoms. The summed E-state index contributed by atoms with van der Waals surface area (Å²) in [7, 11) is 4.43. The Kier molecular flexibility index (Phi) is 3.38. The molecule has 1 fully saturated rings. The summed E-state index contributed by atoms with van der Waals surface area (Å²) in [5.41, 5.74) is 0. The van der Waals surface area contributed by atoms with Crippen LogP contribution in [0.15, 0.2) is 0 Å². The monoisotopic (exact) mass is 155 g/mol. The third-order valence-corrected chi connectivity index (χ3v) is 3.03. The van der Waals surface area contributed by atoms with Crippen LogP contribution in [0.4, 0.5) is 0 Å². The summed E-state index contributed by atoms with van der Waals surface area (Å²) in [6, 6.07) is 0.845. The highest BCUT2D eigenvalue weighted by molar-refractivity contribution is 4.79. The number of hydrogen-bond donors (Lipinski definition) is 0. The first-order valence-corrected chi connectivity index (χ1v) is 4.92. The van der Waals surface area contributed by atoms with Gasteiger partial charge in [-0.3, -0.25) is 0 Å². The molecule has 0 aliphatic heterocycles. The van der Waals surface area contributed by atoms with Crippen LogP contribution in [-0.4, -0.2) is 25.0 Å². The van der Waals surface area contributed by atoms with Gasteiger partial charge in [-0.2, -0.15) is 0 Å². The molecule has 1 atom stereocenters. The first-order chi connectivity index (χ1) is 5.25. The van der Waals surface area contributed by atoms with Crippen LogP contribution in [0.5, 0.6) is 0 Å². The normalized spacial score (nSPS) is 22.9. The van der Waals surface area contributed by atoms with E-state index in [0.29, 0.717) is 0 Å². The first kappa shape index (κ1) is 9.05. The van der Waals surface area contributed by atoms with Gasteiger partial charge in [-0.1, -0.05) is 19.8 Å². The fourth-order valence-electron chi connectivity index (χ4n) is 2.46. The molecule has 1 aliphatic rings. The Balaban J connectivity index is 2.40. The van der Waals surface area contributed by atoms with Crippen LogP contribution in [0, 0.1) is 5.92 Å². The van der Waals surface area contributed by atoms with Crippen LogP contribution >= 0.6 is 0 Å². The standard InChI is InChI=1S/C10H21N/c1-4-10(11(2)3)9-7-5-6-8-9/h9-10H,4-8H2,1-3H3/t10-/m0/s1. The molecule has 0 bridgehead atoms. The molecule has 1 rings (SSSR count). The lowest BCUT2D eigenvalue weighted by Gasteiger charge is -2.28. The molecule has 0 heterocycles. The highest BCUT2D eigenvalue weighted by Crippen LogP contribution is 2.30. The van der Waals surface area contributed by atoms with Gasteiger partial charge in [-0.15, -0.1) is 0 Å². The minimum atomic E-state index is 0.845. The second-order valence-electron chi connectivity index (χ2n) is 3.98. The molecule has 0 amide bonds. The minimum absolute atomic E-state index is 0.845. The van der Waals surface area contributed by atoms with Crippen molar-refractivity contribution >= 4 is 0 Å². The van der Waals surface area contributed by atoms with Gasteiger partial charge in [0.2, 0.25) is 0 Å². The second kappa shape index (κ2) is 4.10. The van der Waals surface area contributed by atoms with E-state index in [1.807, 2.05) is 0 Å². The first-order valence-electron chi connectivity index (χ1n) is 4.92. The average molecular weight is 155 g/mol. The second-order valence-corrected chi connectivity index (χ2v) is 3.98. The molecule has 1 nitrogen and oxygen atoms in total. The fraction of sp³-hybridized carbons (Fsp3) is 1.00. The number of rotatable bonds is 3. The van der Waals surface area contributed by atoms with Crippen LogP contribution in [0.25, 0.3) is 0 Å². The molecule has 1 aliphatic carbocycles. The third kappa shape index (κ3) is 2.19. The number of nitrogens with zero attached hydrogens (tertiary/aromatic N) is 1. The Hall–Kier alpha value is -0.0400. The van der Waals surface area contributed by atoms with Crippen LogP contribution in [0.1, 0.15) is 39.0 Å². The van der Waals surface area contributed by atoms with Gasteiger partial charge in [0.05, 0.1) is 0 Å². The molecule has 0 saturated heterocycles. The summed E-state index contributed by atoms with van der Waals surface area (Å²) >= 11 is 0. The summed E-state index contributed by atoms with van der Waals surface area (Å²) in [6.45, 7) is 2.31. The Labute approximate surface area is 70.8 Å². The van der Waals surface area contributed by atoms with Crippen molar-refractivity contribution in [2.24, 2.45) is 5.92 Å². The molecule has 0 N–H and O–H groups in total. The molecule has 11 heavy (non-hydrogen) atoms. The Bertz CT molecular complexity index is 103. The third-order valence-electron chi connectivity index (χ3n) is 3.03. The predicted octanol–water partition coefficient (Wildman–Crippen LogP) is 2.52. The van der Waals surface area contributed by atoms with Gasteiger partial charge in [-0.25, -0.2) is 0 Å². The van der Waals surface area contributed by atoms with Crippen molar-refractivity contribution in [3.63, 3.8) is 0 Å². The van der Waals surface area contributed by atoms with Gasteiger partial charge in [0.15, 0.2) is 0 Å². The maximum absolute atomic E-state index is 2.40. The molecule has 0 radical (unpaired) electrons. The summed E-state index contributed by atoms with van der Waals surface area (Å²) in [5.74, 6) is 0.995. The fourth-order valence-corrected chi connectivity index (χ4v) is 2.46. The molecule has 66 valence electrons. The van der Waals surface area contributed by atoms with Gasteiger partial charge in [-0.05, 0) is 39.3 Å². The topological polar surface area (TPSA) is 3.24 Å². The van der Waals surface area contributed by atoms with E-state index in [-0.39, 0.29) is 0 Å².